The van der Waals surface area contributed by atoms with Gasteiger partial charge in [-0.05, 0) is 17.1 Å². The van der Waals surface area contributed by atoms with E-state index < -0.39 is 17.5 Å². The molecule has 3 rings (SSSR count). The average molecular weight is 343 g/mol. The minimum atomic E-state index is -4.47. The Bertz CT molecular complexity index is 875. The van der Waals surface area contributed by atoms with E-state index in [1.807, 2.05) is 30.3 Å². The normalized spacial score (nSPS) is 11.3. The van der Waals surface area contributed by atoms with Crippen LogP contribution in [0.4, 0.5) is 13.2 Å². The van der Waals surface area contributed by atoms with E-state index in [0.717, 1.165) is 23.4 Å². The second-order valence-corrected chi connectivity index (χ2v) is 5.49. The van der Waals surface area contributed by atoms with Gasteiger partial charge in [-0.3, -0.25) is 4.79 Å². The molecule has 0 aliphatic heterocycles. The van der Waals surface area contributed by atoms with Gasteiger partial charge in [0.2, 0.25) is 5.78 Å². The maximum Gasteiger partial charge on any atom is 0.416 e. The maximum atomic E-state index is 12.7. The zero-order chi connectivity index (χ0) is 17.9. The first-order valence-corrected chi connectivity index (χ1v) is 7.54. The third-order valence-electron chi connectivity index (χ3n) is 3.68. The summed E-state index contributed by atoms with van der Waals surface area (Å²) in [7, 11) is 0. The van der Waals surface area contributed by atoms with E-state index in [9.17, 15) is 18.0 Å². The summed E-state index contributed by atoms with van der Waals surface area (Å²) >= 11 is 0. The second-order valence-electron chi connectivity index (χ2n) is 5.49. The monoisotopic (exact) mass is 343 g/mol. The molecular formula is C19H14F3N2O+. The molecule has 0 N–H and O–H groups in total. The van der Waals surface area contributed by atoms with Gasteiger partial charge in [-0.25, -0.2) is 4.57 Å². The summed E-state index contributed by atoms with van der Waals surface area (Å²) in [5.74, 6) is -0.412. The number of nitrogens with zero attached hydrogens (tertiary/aromatic N) is 2. The van der Waals surface area contributed by atoms with Gasteiger partial charge in [0.15, 0.2) is 12.2 Å². The second kappa shape index (κ2) is 6.84. The maximum absolute atomic E-state index is 12.7. The van der Waals surface area contributed by atoms with E-state index in [2.05, 4.69) is 4.98 Å². The molecule has 0 bridgehead atoms. The van der Waals surface area contributed by atoms with Crippen molar-refractivity contribution in [2.75, 3.05) is 0 Å². The molecule has 0 atom stereocenters. The number of ketones is 1. The summed E-state index contributed by atoms with van der Waals surface area (Å²) in [4.78, 5) is 16.5. The first-order valence-electron chi connectivity index (χ1n) is 7.54. The lowest BCUT2D eigenvalue weighted by Crippen LogP contribution is -2.37. The molecule has 0 radical (unpaired) electrons. The zero-order valence-corrected chi connectivity index (χ0v) is 13.1. The van der Waals surface area contributed by atoms with E-state index in [1.165, 1.54) is 23.0 Å². The molecule has 126 valence electrons. The van der Waals surface area contributed by atoms with Crippen molar-refractivity contribution in [1.29, 1.82) is 0 Å². The number of Topliss-reactive ketones (excluding diaryl/α,β-unsaturated/α-hetero) is 1. The number of carbonyl (C=O) groups is 1. The van der Waals surface area contributed by atoms with Crippen molar-refractivity contribution in [1.82, 2.24) is 4.98 Å². The van der Waals surface area contributed by atoms with Gasteiger partial charge >= 0.3 is 6.18 Å². The molecule has 0 unspecified atom stereocenters. The van der Waals surface area contributed by atoms with Crippen LogP contribution in [0.2, 0.25) is 0 Å². The molecule has 0 saturated carbocycles. The van der Waals surface area contributed by atoms with Gasteiger partial charge in [-0.15, -0.1) is 0 Å². The van der Waals surface area contributed by atoms with Crippen LogP contribution in [0, 0.1) is 0 Å². The molecule has 0 aliphatic carbocycles. The predicted octanol–water partition coefficient (Wildman–Crippen LogP) is 3.94. The molecule has 0 spiro atoms. The number of hydrogen-bond acceptors (Lipinski definition) is 2. The van der Waals surface area contributed by atoms with Crippen molar-refractivity contribution in [3.05, 3.63) is 84.3 Å². The molecule has 2 aromatic carbocycles. The molecule has 3 aromatic rings. The van der Waals surface area contributed by atoms with Crippen LogP contribution in [0.5, 0.6) is 0 Å². The molecule has 6 heteroatoms. The molecule has 0 saturated heterocycles. The van der Waals surface area contributed by atoms with Crippen molar-refractivity contribution < 1.29 is 22.5 Å². The number of halogens is 3. The van der Waals surface area contributed by atoms with Gasteiger partial charge in [-0.1, -0.05) is 42.5 Å². The zero-order valence-electron chi connectivity index (χ0n) is 13.1. The van der Waals surface area contributed by atoms with Gasteiger partial charge in [0.25, 0.3) is 6.33 Å². The lowest BCUT2D eigenvalue weighted by atomic mass is 10.1. The topological polar surface area (TPSA) is 33.8 Å². The predicted molar refractivity (Wildman–Crippen MR) is 85.6 cm³/mol. The molecule has 0 aliphatic rings. The fourth-order valence-corrected chi connectivity index (χ4v) is 2.38. The average Bonchev–Trinajstić information content (AvgIpc) is 2.62. The first kappa shape index (κ1) is 16.8. The molecule has 25 heavy (non-hydrogen) atoms. The lowest BCUT2D eigenvalue weighted by molar-refractivity contribution is -0.686. The highest BCUT2D eigenvalue weighted by Crippen LogP contribution is 2.29. The van der Waals surface area contributed by atoms with Gasteiger partial charge < -0.3 is 0 Å². The number of alkyl halides is 3. The summed E-state index contributed by atoms with van der Waals surface area (Å²) in [6.07, 6.45) is -1.29. The van der Waals surface area contributed by atoms with E-state index in [4.69, 9.17) is 0 Å². The molecular weight excluding hydrogens is 329 g/mol. The van der Waals surface area contributed by atoms with Gasteiger partial charge in [0, 0.05) is 17.2 Å². The van der Waals surface area contributed by atoms with Crippen LogP contribution in [0.1, 0.15) is 15.9 Å². The summed E-state index contributed by atoms with van der Waals surface area (Å²) in [6, 6.07) is 15.7. The summed E-state index contributed by atoms with van der Waals surface area (Å²) in [5.41, 5.74) is 0.887. The third kappa shape index (κ3) is 4.09. The Labute approximate surface area is 142 Å². The number of hydrogen-bond donors (Lipinski definition) is 0. The van der Waals surface area contributed by atoms with Crippen LogP contribution in [-0.4, -0.2) is 10.8 Å². The fraction of sp³-hybridized carbons (Fsp3) is 0.105. The van der Waals surface area contributed by atoms with Crippen molar-refractivity contribution in [3.63, 3.8) is 0 Å². The number of rotatable bonds is 4. The van der Waals surface area contributed by atoms with Crippen LogP contribution >= 0.6 is 0 Å². The van der Waals surface area contributed by atoms with Crippen molar-refractivity contribution in [2.45, 2.75) is 12.7 Å². The highest BCUT2D eigenvalue weighted by Gasteiger charge is 2.31. The molecule has 1 aromatic heterocycles. The minimum Gasteiger partial charge on any atom is -0.290 e. The Hall–Kier alpha value is -3.02. The summed E-state index contributed by atoms with van der Waals surface area (Å²) in [5, 5.41) is 0. The highest BCUT2D eigenvalue weighted by atomic mass is 19.4. The Balaban J connectivity index is 1.75. The van der Waals surface area contributed by atoms with E-state index >= 15 is 0 Å². The number of aromatic nitrogens is 2. The van der Waals surface area contributed by atoms with Crippen LogP contribution in [0.3, 0.4) is 0 Å². The Morgan fingerprint density at radius 2 is 1.76 bits per heavy atom. The van der Waals surface area contributed by atoms with Crippen molar-refractivity contribution in [3.8, 4) is 11.3 Å². The quantitative estimate of drug-likeness (QED) is 0.531. The van der Waals surface area contributed by atoms with Crippen LogP contribution < -0.4 is 4.57 Å². The van der Waals surface area contributed by atoms with Crippen molar-refractivity contribution >= 4 is 5.78 Å². The molecule has 3 nitrogen and oxygen atoms in total. The molecule has 0 amide bonds. The van der Waals surface area contributed by atoms with Gasteiger partial charge in [-0.2, -0.15) is 13.2 Å². The van der Waals surface area contributed by atoms with Crippen molar-refractivity contribution in [2.24, 2.45) is 0 Å². The van der Waals surface area contributed by atoms with Crippen LogP contribution in [0.15, 0.2) is 73.2 Å². The van der Waals surface area contributed by atoms with Crippen LogP contribution in [-0.2, 0) is 12.7 Å². The first-order chi connectivity index (χ1) is 11.9. The van der Waals surface area contributed by atoms with E-state index in [0.29, 0.717) is 0 Å². The number of benzene rings is 2. The standard InChI is InChI=1S/C19H14F3N2O/c20-19(21,22)16-8-4-7-15(11-16)18(25)12-24-10-9-17(23-13-24)14-5-2-1-3-6-14/h1-11,13H,12H2/q+1. The largest absolute Gasteiger partial charge is 0.416 e. The highest BCUT2D eigenvalue weighted by molar-refractivity contribution is 5.95. The summed E-state index contributed by atoms with van der Waals surface area (Å²) < 4.78 is 39.7. The lowest BCUT2D eigenvalue weighted by Gasteiger charge is -2.07. The van der Waals surface area contributed by atoms with Gasteiger partial charge in [0.05, 0.1) is 11.8 Å². The Morgan fingerprint density at radius 3 is 2.40 bits per heavy atom. The third-order valence-corrected chi connectivity index (χ3v) is 3.68. The Morgan fingerprint density at radius 1 is 1.00 bits per heavy atom. The van der Waals surface area contributed by atoms with E-state index in [1.54, 1.807) is 12.3 Å². The number of carbonyl (C=O) groups excluding carboxylic acids is 1. The van der Waals surface area contributed by atoms with Crippen LogP contribution in [0.25, 0.3) is 11.3 Å². The smallest absolute Gasteiger partial charge is 0.290 e. The molecule has 0 fully saturated rings. The van der Waals surface area contributed by atoms with E-state index in [-0.39, 0.29) is 12.1 Å². The van der Waals surface area contributed by atoms with Gasteiger partial charge in [0.1, 0.15) is 0 Å². The minimum absolute atomic E-state index is 0.0226. The summed E-state index contributed by atoms with van der Waals surface area (Å²) in [6.45, 7) is -0.0800. The Kier molecular flexibility index (Phi) is 4.61. The fourth-order valence-electron chi connectivity index (χ4n) is 2.38. The SMILES string of the molecule is O=C(C[n+]1ccc(-c2ccccc2)nc1)c1cccc(C(F)(F)F)c1. The molecule has 1 heterocycles.